The molecule has 0 saturated carbocycles. The number of benzene rings is 2. The number of aryl methyl sites for hydroxylation is 1. The number of phenols is 1. The van der Waals surface area contributed by atoms with Crippen LogP contribution >= 0.6 is 0 Å². The zero-order valence-corrected chi connectivity index (χ0v) is 13.7. The predicted molar refractivity (Wildman–Crippen MR) is 94.3 cm³/mol. The van der Waals surface area contributed by atoms with Gasteiger partial charge in [-0.05, 0) is 35.9 Å². The first-order chi connectivity index (χ1) is 12.1. The van der Waals surface area contributed by atoms with Crippen LogP contribution in [-0.2, 0) is 7.05 Å². The fourth-order valence-electron chi connectivity index (χ4n) is 2.82. The van der Waals surface area contributed by atoms with Crippen molar-refractivity contribution >= 4 is 10.8 Å². The molecular weight excluding hydrogens is 318 g/mol. The second-order valence-electron chi connectivity index (χ2n) is 5.86. The Bertz CT molecular complexity index is 1160. The van der Waals surface area contributed by atoms with Gasteiger partial charge < -0.3 is 14.2 Å². The van der Waals surface area contributed by atoms with E-state index in [1.807, 2.05) is 43.3 Å². The Morgan fingerprint density at radius 3 is 2.72 bits per heavy atom. The summed E-state index contributed by atoms with van der Waals surface area (Å²) >= 11 is 0. The summed E-state index contributed by atoms with van der Waals surface area (Å²) in [6, 6.07) is 14.5. The molecule has 0 spiro atoms. The minimum Gasteiger partial charge on any atom is -0.507 e. The molecule has 0 fully saturated rings. The van der Waals surface area contributed by atoms with Gasteiger partial charge in [0.25, 0.3) is 11.4 Å². The van der Waals surface area contributed by atoms with Crippen molar-refractivity contribution in [2.24, 2.45) is 7.05 Å². The number of phenolic OH excluding ortho intramolecular Hbond substituents is 1. The maximum atomic E-state index is 12.4. The summed E-state index contributed by atoms with van der Waals surface area (Å²) in [6.07, 6.45) is 0. The lowest BCUT2D eigenvalue weighted by molar-refractivity contribution is 0.426. The van der Waals surface area contributed by atoms with E-state index in [0.717, 1.165) is 16.5 Å². The molecule has 0 aliphatic heterocycles. The molecule has 6 heteroatoms. The predicted octanol–water partition coefficient (Wildman–Crippen LogP) is 3.27. The maximum Gasteiger partial charge on any atom is 0.262 e. The van der Waals surface area contributed by atoms with Gasteiger partial charge in [0.05, 0.1) is 11.1 Å². The Balaban J connectivity index is 1.90. The molecule has 2 aromatic carbocycles. The first-order valence-electron chi connectivity index (χ1n) is 7.78. The lowest BCUT2D eigenvalue weighted by Crippen LogP contribution is -2.20. The van der Waals surface area contributed by atoms with Gasteiger partial charge in [-0.2, -0.15) is 4.98 Å². The first kappa shape index (κ1) is 15.1. The molecule has 0 bridgehead atoms. The first-order valence-corrected chi connectivity index (χ1v) is 7.78. The van der Waals surface area contributed by atoms with Gasteiger partial charge in [0, 0.05) is 12.7 Å². The van der Waals surface area contributed by atoms with Crippen LogP contribution in [0.1, 0.15) is 5.69 Å². The van der Waals surface area contributed by atoms with Crippen molar-refractivity contribution < 1.29 is 9.63 Å². The Morgan fingerprint density at radius 2 is 1.88 bits per heavy atom. The number of hydrogen-bond donors (Lipinski definition) is 1. The third kappa shape index (κ3) is 2.39. The van der Waals surface area contributed by atoms with E-state index in [1.165, 1.54) is 4.57 Å². The number of rotatable bonds is 2. The van der Waals surface area contributed by atoms with E-state index < -0.39 is 0 Å². The summed E-state index contributed by atoms with van der Waals surface area (Å²) in [5, 5.41) is 16.0. The van der Waals surface area contributed by atoms with Gasteiger partial charge in [-0.15, -0.1) is 0 Å². The minimum absolute atomic E-state index is 0.0470. The fourth-order valence-corrected chi connectivity index (χ4v) is 2.82. The molecule has 0 aliphatic carbocycles. The van der Waals surface area contributed by atoms with Crippen LogP contribution in [0.2, 0.25) is 0 Å². The SMILES string of the molecule is Cc1ccc(-c2noc(-c3c(O)ccc4ccccc34)n2)c(=O)n1C. The van der Waals surface area contributed by atoms with Crippen molar-refractivity contribution in [1.29, 1.82) is 0 Å². The average Bonchev–Trinajstić information content (AvgIpc) is 3.09. The molecule has 4 aromatic rings. The zero-order valence-electron chi connectivity index (χ0n) is 13.7. The third-order valence-electron chi connectivity index (χ3n) is 4.34. The summed E-state index contributed by atoms with van der Waals surface area (Å²) in [6.45, 7) is 1.85. The highest BCUT2D eigenvalue weighted by atomic mass is 16.5. The summed E-state index contributed by atoms with van der Waals surface area (Å²) < 4.78 is 6.88. The van der Waals surface area contributed by atoms with E-state index in [4.69, 9.17) is 4.52 Å². The number of pyridine rings is 1. The van der Waals surface area contributed by atoms with Gasteiger partial charge in [0.2, 0.25) is 5.82 Å². The van der Waals surface area contributed by atoms with Gasteiger partial charge in [0.1, 0.15) is 5.75 Å². The Kier molecular flexibility index (Phi) is 3.39. The highest BCUT2D eigenvalue weighted by molar-refractivity contribution is 5.97. The van der Waals surface area contributed by atoms with E-state index in [-0.39, 0.29) is 23.0 Å². The molecule has 4 rings (SSSR count). The molecule has 1 N–H and O–H groups in total. The van der Waals surface area contributed by atoms with Crippen molar-refractivity contribution in [3.05, 3.63) is 64.6 Å². The van der Waals surface area contributed by atoms with Gasteiger partial charge in [-0.25, -0.2) is 0 Å². The quantitative estimate of drug-likeness (QED) is 0.609. The number of nitrogens with zero attached hydrogens (tertiary/aromatic N) is 3. The molecule has 124 valence electrons. The summed E-state index contributed by atoms with van der Waals surface area (Å²) in [7, 11) is 1.69. The van der Waals surface area contributed by atoms with Crippen LogP contribution in [0.15, 0.2) is 57.8 Å². The number of fused-ring (bicyclic) bond motifs is 1. The summed E-state index contributed by atoms with van der Waals surface area (Å²) in [5.74, 6) is 0.417. The largest absolute Gasteiger partial charge is 0.507 e. The van der Waals surface area contributed by atoms with Crippen LogP contribution in [0.3, 0.4) is 0 Å². The number of hydrogen-bond acceptors (Lipinski definition) is 5. The lowest BCUT2D eigenvalue weighted by atomic mass is 10.0. The van der Waals surface area contributed by atoms with Crippen molar-refractivity contribution in [1.82, 2.24) is 14.7 Å². The topological polar surface area (TPSA) is 81.2 Å². The zero-order chi connectivity index (χ0) is 17.6. The summed E-state index contributed by atoms with van der Waals surface area (Å²) in [4.78, 5) is 16.7. The molecule has 0 amide bonds. The molecular formula is C19H15N3O3. The summed E-state index contributed by atoms with van der Waals surface area (Å²) in [5.41, 5.74) is 1.45. The molecule has 0 saturated heterocycles. The monoisotopic (exact) mass is 333 g/mol. The highest BCUT2D eigenvalue weighted by Gasteiger charge is 2.19. The van der Waals surface area contributed by atoms with Gasteiger partial charge in [-0.1, -0.05) is 35.5 Å². The Morgan fingerprint density at radius 1 is 1.08 bits per heavy atom. The van der Waals surface area contributed by atoms with Crippen molar-refractivity contribution in [3.8, 4) is 28.6 Å². The van der Waals surface area contributed by atoms with E-state index >= 15 is 0 Å². The molecule has 2 heterocycles. The molecule has 0 aliphatic rings. The second-order valence-corrected chi connectivity index (χ2v) is 5.86. The van der Waals surface area contributed by atoms with Gasteiger partial charge >= 0.3 is 0 Å². The molecule has 0 atom stereocenters. The smallest absolute Gasteiger partial charge is 0.262 e. The average molecular weight is 333 g/mol. The number of aromatic hydroxyl groups is 1. The van der Waals surface area contributed by atoms with E-state index in [2.05, 4.69) is 10.1 Å². The normalized spacial score (nSPS) is 11.1. The van der Waals surface area contributed by atoms with Crippen LogP contribution in [0.5, 0.6) is 5.75 Å². The maximum absolute atomic E-state index is 12.4. The Labute approximate surface area is 143 Å². The van der Waals surface area contributed by atoms with Crippen LogP contribution in [0.25, 0.3) is 33.6 Å². The van der Waals surface area contributed by atoms with Crippen LogP contribution in [-0.4, -0.2) is 19.8 Å². The highest BCUT2D eigenvalue weighted by Crippen LogP contribution is 2.35. The molecule has 2 aromatic heterocycles. The van der Waals surface area contributed by atoms with Gasteiger partial charge in [-0.3, -0.25) is 4.79 Å². The van der Waals surface area contributed by atoms with E-state index in [1.54, 1.807) is 19.2 Å². The Hall–Kier alpha value is -3.41. The van der Waals surface area contributed by atoms with E-state index in [0.29, 0.717) is 11.1 Å². The van der Waals surface area contributed by atoms with Crippen molar-refractivity contribution in [3.63, 3.8) is 0 Å². The molecule has 0 radical (unpaired) electrons. The van der Waals surface area contributed by atoms with Crippen molar-refractivity contribution in [2.75, 3.05) is 0 Å². The fraction of sp³-hybridized carbons (Fsp3) is 0.105. The lowest BCUT2D eigenvalue weighted by Gasteiger charge is -2.05. The molecule has 6 nitrogen and oxygen atoms in total. The van der Waals surface area contributed by atoms with Crippen LogP contribution < -0.4 is 5.56 Å². The van der Waals surface area contributed by atoms with Crippen LogP contribution in [0, 0.1) is 6.92 Å². The third-order valence-corrected chi connectivity index (χ3v) is 4.34. The number of aromatic nitrogens is 3. The molecule has 0 unspecified atom stereocenters. The van der Waals surface area contributed by atoms with E-state index in [9.17, 15) is 9.90 Å². The van der Waals surface area contributed by atoms with Crippen LogP contribution in [0.4, 0.5) is 0 Å². The van der Waals surface area contributed by atoms with Gasteiger partial charge in [0.15, 0.2) is 0 Å². The second kappa shape index (κ2) is 5.59. The minimum atomic E-state index is -0.200. The standard InChI is InChI=1S/C19H15N3O3/c1-11-7-9-14(19(24)22(11)2)17-20-18(25-21-17)16-13-6-4-3-5-12(13)8-10-15(16)23/h3-10,23H,1-2H3. The molecule has 25 heavy (non-hydrogen) atoms. The van der Waals surface area contributed by atoms with Crippen molar-refractivity contribution in [2.45, 2.75) is 6.92 Å².